The second-order valence-corrected chi connectivity index (χ2v) is 7.29. The van der Waals surface area contributed by atoms with Crippen molar-refractivity contribution in [2.75, 3.05) is 26.2 Å². The van der Waals surface area contributed by atoms with Crippen LogP contribution in [0.15, 0.2) is 0 Å². The van der Waals surface area contributed by atoms with Gasteiger partial charge in [-0.3, -0.25) is 9.69 Å². The van der Waals surface area contributed by atoms with Gasteiger partial charge in [0.15, 0.2) is 0 Å². The molecule has 0 aromatic carbocycles. The van der Waals surface area contributed by atoms with Gasteiger partial charge in [-0.1, -0.05) is 33.6 Å². The molecule has 0 aromatic rings. The molecule has 1 fully saturated rings. The second-order valence-electron chi connectivity index (χ2n) is 7.29. The van der Waals surface area contributed by atoms with Crippen LogP contribution in [0.5, 0.6) is 0 Å². The first-order chi connectivity index (χ1) is 10.5. The minimum Gasteiger partial charge on any atom is -0.355 e. The summed E-state index contributed by atoms with van der Waals surface area (Å²) in [4.78, 5) is 14.6. The topological polar surface area (TPSA) is 58.4 Å². The molecule has 1 aliphatic heterocycles. The summed E-state index contributed by atoms with van der Waals surface area (Å²) in [5.74, 6) is 1.65. The van der Waals surface area contributed by atoms with Gasteiger partial charge in [-0.05, 0) is 57.2 Å². The molecular weight excluding hydrogens is 345 g/mol. The Morgan fingerprint density at radius 3 is 2.25 bits per heavy atom. The minimum atomic E-state index is 0. The van der Waals surface area contributed by atoms with E-state index in [9.17, 15) is 4.79 Å². The van der Waals surface area contributed by atoms with E-state index in [0.29, 0.717) is 18.4 Å². The van der Waals surface area contributed by atoms with E-state index in [4.69, 9.17) is 5.73 Å². The third-order valence-electron chi connectivity index (χ3n) is 4.92. The van der Waals surface area contributed by atoms with Crippen LogP contribution in [0.4, 0.5) is 0 Å². The summed E-state index contributed by atoms with van der Waals surface area (Å²) in [7, 11) is 0. The highest BCUT2D eigenvalue weighted by Gasteiger charge is 2.25. The number of likely N-dealkylation sites (tertiary alicyclic amines) is 1. The second kappa shape index (κ2) is 15.2. The van der Waals surface area contributed by atoms with Gasteiger partial charge < -0.3 is 11.1 Å². The van der Waals surface area contributed by atoms with Gasteiger partial charge in [-0.2, -0.15) is 0 Å². The highest BCUT2D eigenvalue weighted by atomic mass is 35.5. The van der Waals surface area contributed by atoms with Crippen LogP contribution in [0.25, 0.3) is 0 Å². The fourth-order valence-electron chi connectivity index (χ4n) is 3.24. The summed E-state index contributed by atoms with van der Waals surface area (Å²) >= 11 is 0. The van der Waals surface area contributed by atoms with Crippen LogP contribution in [0.3, 0.4) is 0 Å². The standard InChI is InChI=1S/C18H37N3O.2ClH/c1-15(2)17(21-12-9-16(3)10-13-21)14-20-18(22)8-6-4-5-7-11-19;;/h15-17H,4-14,19H2,1-3H3,(H,20,22);2*1H. The number of nitrogens with two attached hydrogens (primary N) is 1. The molecule has 0 spiro atoms. The average molecular weight is 384 g/mol. The Kier molecular flexibility index (Phi) is 16.6. The van der Waals surface area contributed by atoms with Gasteiger partial charge >= 0.3 is 0 Å². The van der Waals surface area contributed by atoms with Gasteiger partial charge in [0.1, 0.15) is 0 Å². The lowest BCUT2D eigenvalue weighted by atomic mass is 9.94. The lowest BCUT2D eigenvalue weighted by molar-refractivity contribution is -0.121. The van der Waals surface area contributed by atoms with Crippen molar-refractivity contribution in [3.05, 3.63) is 0 Å². The Hall–Kier alpha value is -0.0300. The molecule has 0 saturated carbocycles. The zero-order chi connectivity index (χ0) is 16.4. The van der Waals surface area contributed by atoms with Crippen molar-refractivity contribution in [1.82, 2.24) is 10.2 Å². The summed E-state index contributed by atoms with van der Waals surface area (Å²) in [6.07, 6.45) is 7.56. The van der Waals surface area contributed by atoms with Gasteiger partial charge in [0.2, 0.25) is 5.91 Å². The molecule has 1 saturated heterocycles. The van der Waals surface area contributed by atoms with Crippen LogP contribution in [0, 0.1) is 11.8 Å². The average Bonchev–Trinajstić information content (AvgIpc) is 2.48. The molecule has 146 valence electrons. The number of piperidine rings is 1. The van der Waals surface area contributed by atoms with Crippen molar-refractivity contribution in [3.8, 4) is 0 Å². The Bertz CT molecular complexity index is 309. The normalized spacial score (nSPS) is 17.0. The SMILES string of the molecule is CC1CCN(C(CNC(=O)CCCCCCN)C(C)C)CC1.Cl.Cl. The zero-order valence-corrected chi connectivity index (χ0v) is 17.4. The lowest BCUT2D eigenvalue weighted by Gasteiger charge is -2.38. The first-order valence-corrected chi connectivity index (χ1v) is 9.25. The maximum absolute atomic E-state index is 12.0. The number of nitrogens with one attached hydrogen (secondary N) is 1. The molecule has 0 aliphatic carbocycles. The fourth-order valence-corrected chi connectivity index (χ4v) is 3.24. The molecule has 1 amide bonds. The molecule has 24 heavy (non-hydrogen) atoms. The van der Waals surface area contributed by atoms with Crippen LogP contribution < -0.4 is 11.1 Å². The van der Waals surface area contributed by atoms with E-state index in [1.54, 1.807) is 0 Å². The number of hydrogen-bond acceptors (Lipinski definition) is 3. The maximum Gasteiger partial charge on any atom is 0.220 e. The van der Waals surface area contributed by atoms with Gasteiger partial charge in [-0.25, -0.2) is 0 Å². The number of hydrogen-bond donors (Lipinski definition) is 2. The Morgan fingerprint density at radius 1 is 1.12 bits per heavy atom. The Balaban J connectivity index is 0. The third kappa shape index (κ3) is 10.8. The number of unbranched alkanes of at least 4 members (excludes halogenated alkanes) is 3. The number of nitrogens with zero attached hydrogens (tertiary/aromatic N) is 1. The van der Waals surface area contributed by atoms with Crippen LogP contribution in [0.2, 0.25) is 0 Å². The molecule has 0 aromatic heterocycles. The molecule has 1 heterocycles. The minimum absolute atomic E-state index is 0. The molecule has 1 aliphatic rings. The molecule has 3 N–H and O–H groups in total. The summed E-state index contributed by atoms with van der Waals surface area (Å²) in [5.41, 5.74) is 5.48. The van der Waals surface area contributed by atoms with Gasteiger partial charge in [0.25, 0.3) is 0 Å². The summed E-state index contributed by atoms with van der Waals surface area (Å²) in [5, 5.41) is 3.16. The number of carbonyl (C=O) groups is 1. The molecule has 4 nitrogen and oxygen atoms in total. The predicted octanol–water partition coefficient (Wildman–Crippen LogP) is 3.61. The smallest absolute Gasteiger partial charge is 0.220 e. The fraction of sp³-hybridized carbons (Fsp3) is 0.944. The van der Waals surface area contributed by atoms with Gasteiger partial charge in [0.05, 0.1) is 0 Å². The quantitative estimate of drug-likeness (QED) is 0.566. The van der Waals surface area contributed by atoms with Crippen molar-refractivity contribution < 1.29 is 4.79 Å². The third-order valence-corrected chi connectivity index (χ3v) is 4.92. The largest absolute Gasteiger partial charge is 0.355 e. The Morgan fingerprint density at radius 2 is 1.71 bits per heavy atom. The molecule has 6 heteroatoms. The summed E-state index contributed by atoms with van der Waals surface area (Å²) in [6, 6.07) is 0.480. The van der Waals surface area contributed by atoms with Crippen molar-refractivity contribution in [3.63, 3.8) is 0 Å². The summed E-state index contributed by atoms with van der Waals surface area (Å²) < 4.78 is 0. The number of halogens is 2. The van der Waals surface area contributed by atoms with Crippen molar-refractivity contribution >= 4 is 30.7 Å². The predicted molar refractivity (Wildman–Crippen MR) is 108 cm³/mol. The molecular formula is C18H39Cl2N3O. The zero-order valence-electron chi connectivity index (χ0n) is 15.8. The van der Waals surface area contributed by atoms with Crippen molar-refractivity contribution in [1.29, 1.82) is 0 Å². The number of rotatable bonds is 10. The van der Waals surface area contributed by atoms with Gasteiger partial charge in [0, 0.05) is 19.0 Å². The van der Waals surface area contributed by atoms with E-state index in [2.05, 4.69) is 31.0 Å². The maximum atomic E-state index is 12.0. The van der Waals surface area contributed by atoms with Gasteiger partial charge in [-0.15, -0.1) is 24.8 Å². The Labute approximate surface area is 161 Å². The van der Waals surface area contributed by atoms with Crippen molar-refractivity contribution in [2.24, 2.45) is 17.6 Å². The van der Waals surface area contributed by atoms with E-state index in [1.165, 1.54) is 25.9 Å². The molecule has 1 rings (SSSR count). The highest BCUT2D eigenvalue weighted by Crippen LogP contribution is 2.21. The van der Waals surface area contributed by atoms with Crippen LogP contribution in [0.1, 0.15) is 65.7 Å². The first-order valence-electron chi connectivity index (χ1n) is 9.25. The monoisotopic (exact) mass is 383 g/mol. The molecule has 1 unspecified atom stereocenters. The van der Waals surface area contributed by atoms with Crippen LogP contribution >= 0.6 is 24.8 Å². The van der Waals surface area contributed by atoms with E-state index in [-0.39, 0.29) is 30.7 Å². The lowest BCUT2D eigenvalue weighted by Crippen LogP contribution is -2.49. The number of carbonyl (C=O) groups excluding carboxylic acids is 1. The van der Waals surface area contributed by atoms with E-state index in [0.717, 1.165) is 44.7 Å². The van der Waals surface area contributed by atoms with Crippen LogP contribution in [-0.4, -0.2) is 43.0 Å². The molecule has 0 bridgehead atoms. The summed E-state index contributed by atoms with van der Waals surface area (Å²) in [6.45, 7) is 10.8. The van der Waals surface area contributed by atoms with Crippen LogP contribution in [-0.2, 0) is 4.79 Å². The van der Waals surface area contributed by atoms with E-state index in [1.807, 2.05) is 0 Å². The number of amides is 1. The molecule has 1 atom stereocenters. The van der Waals surface area contributed by atoms with E-state index >= 15 is 0 Å². The molecule has 0 radical (unpaired) electrons. The highest BCUT2D eigenvalue weighted by molar-refractivity contribution is 5.85. The van der Waals surface area contributed by atoms with Crippen molar-refractivity contribution in [2.45, 2.75) is 71.8 Å². The first kappa shape index (κ1) is 26.2. The van der Waals surface area contributed by atoms with E-state index < -0.39 is 0 Å².